The van der Waals surface area contributed by atoms with Crippen LogP contribution < -0.4 is 9.86 Å². The van der Waals surface area contributed by atoms with Crippen molar-refractivity contribution in [2.24, 2.45) is 7.05 Å². The van der Waals surface area contributed by atoms with Gasteiger partial charge in [0.2, 0.25) is 10.0 Å². The topological polar surface area (TPSA) is 89.6 Å². The molecule has 2 heterocycles. The Morgan fingerprint density at radius 3 is 2.40 bits per heavy atom. The van der Waals surface area contributed by atoms with E-state index in [0.717, 1.165) is 10.6 Å². The average Bonchev–Trinajstić information content (AvgIpc) is 3.17. The maximum absolute atomic E-state index is 13.5. The second-order valence-corrected chi connectivity index (χ2v) is 11.1. The molecule has 0 amide bonds. The molecule has 0 saturated heterocycles. The lowest BCUT2D eigenvalue weighted by Crippen LogP contribution is -2.26. The number of halogens is 2. The summed E-state index contributed by atoms with van der Waals surface area (Å²) >= 11 is 3.39. The highest BCUT2D eigenvalue weighted by molar-refractivity contribution is 9.10. The van der Waals surface area contributed by atoms with Gasteiger partial charge in [-0.05, 0) is 52.3 Å². The maximum atomic E-state index is 13.5. The number of ketones is 1. The molecule has 0 saturated carbocycles. The summed E-state index contributed by atoms with van der Waals surface area (Å²) in [7, 11) is -0.739. The zero-order valence-electron chi connectivity index (χ0n) is 19.4. The fourth-order valence-corrected chi connectivity index (χ4v) is 4.95. The number of carbonyl (C=O) groups is 1. The molecular formula is C25H22BrFN2O5S. The van der Waals surface area contributed by atoms with Crippen LogP contribution in [0.4, 0.5) is 10.1 Å². The van der Waals surface area contributed by atoms with Crippen molar-refractivity contribution < 1.29 is 22.0 Å². The molecule has 0 spiro atoms. The summed E-state index contributed by atoms with van der Waals surface area (Å²) < 4.78 is 47.6. The molecule has 7 nitrogen and oxygen atoms in total. The predicted octanol–water partition coefficient (Wildman–Crippen LogP) is 5.36. The van der Waals surface area contributed by atoms with E-state index in [4.69, 9.17) is 4.42 Å². The van der Waals surface area contributed by atoms with Crippen LogP contribution in [0.3, 0.4) is 0 Å². The van der Waals surface area contributed by atoms with Crippen molar-refractivity contribution in [3.05, 3.63) is 74.9 Å². The van der Waals surface area contributed by atoms with E-state index in [9.17, 15) is 22.4 Å². The van der Waals surface area contributed by atoms with Crippen LogP contribution in [0.25, 0.3) is 33.4 Å². The largest absolute Gasteiger partial charge is 0.455 e. The highest BCUT2D eigenvalue weighted by Crippen LogP contribution is 2.41. The SMILES string of the molecule is CCC(=O)c1c(-c2ccc(F)cc2)oc2cc(N(C)S(C)(=O)=O)c(-c3cc(Br)cn(C)c3=O)cc12. The minimum Gasteiger partial charge on any atom is -0.455 e. The summed E-state index contributed by atoms with van der Waals surface area (Å²) in [6.45, 7) is 1.71. The van der Waals surface area contributed by atoms with E-state index in [0.29, 0.717) is 21.0 Å². The van der Waals surface area contributed by atoms with E-state index in [1.54, 1.807) is 32.3 Å². The van der Waals surface area contributed by atoms with E-state index in [-0.39, 0.29) is 45.9 Å². The Labute approximate surface area is 210 Å². The van der Waals surface area contributed by atoms with Gasteiger partial charge in [0.05, 0.1) is 23.1 Å². The van der Waals surface area contributed by atoms with Crippen molar-refractivity contribution in [2.75, 3.05) is 17.6 Å². The van der Waals surface area contributed by atoms with Gasteiger partial charge in [-0.1, -0.05) is 6.92 Å². The number of furan rings is 1. The first-order valence-electron chi connectivity index (χ1n) is 10.6. The number of benzene rings is 2. The van der Waals surface area contributed by atoms with Gasteiger partial charge >= 0.3 is 0 Å². The highest BCUT2D eigenvalue weighted by atomic mass is 79.9. The van der Waals surface area contributed by atoms with Gasteiger partial charge in [0.15, 0.2) is 5.78 Å². The summed E-state index contributed by atoms with van der Waals surface area (Å²) in [5.41, 5.74) is 1.49. The van der Waals surface area contributed by atoms with Gasteiger partial charge in [-0.2, -0.15) is 0 Å². The first-order valence-corrected chi connectivity index (χ1v) is 13.3. The third-order valence-corrected chi connectivity index (χ3v) is 7.41. The summed E-state index contributed by atoms with van der Waals surface area (Å²) in [4.78, 5) is 26.1. The van der Waals surface area contributed by atoms with E-state index in [2.05, 4.69) is 15.9 Å². The molecule has 4 rings (SSSR count). The summed E-state index contributed by atoms with van der Waals surface area (Å²) in [5.74, 6) is -0.391. The molecule has 0 atom stereocenters. The van der Waals surface area contributed by atoms with Crippen LogP contribution >= 0.6 is 15.9 Å². The van der Waals surface area contributed by atoms with Gasteiger partial charge in [-0.25, -0.2) is 12.8 Å². The van der Waals surface area contributed by atoms with Crippen LogP contribution in [0.2, 0.25) is 0 Å². The number of fused-ring (bicyclic) bond motifs is 1. The van der Waals surface area contributed by atoms with Crippen molar-refractivity contribution in [3.63, 3.8) is 0 Å². The lowest BCUT2D eigenvalue weighted by Gasteiger charge is -2.20. The van der Waals surface area contributed by atoms with Crippen molar-refractivity contribution in [1.82, 2.24) is 4.57 Å². The molecule has 0 aliphatic rings. The number of aromatic nitrogens is 1. The maximum Gasteiger partial charge on any atom is 0.258 e. The Bertz CT molecular complexity index is 1640. The molecule has 0 radical (unpaired) electrons. The van der Waals surface area contributed by atoms with Crippen LogP contribution in [-0.4, -0.2) is 32.1 Å². The summed E-state index contributed by atoms with van der Waals surface area (Å²) in [5, 5.41) is 0.429. The average molecular weight is 561 g/mol. The van der Waals surface area contributed by atoms with E-state index in [1.165, 1.54) is 41.9 Å². The Hall–Kier alpha value is -3.24. The molecule has 0 fully saturated rings. The fourth-order valence-electron chi connectivity index (χ4n) is 3.91. The molecule has 0 unspecified atom stereocenters. The number of pyridine rings is 1. The smallest absolute Gasteiger partial charge is 0.258 e. The molecule has 2 aromatic heterocycles. The zero-order chi connectivity index (χ0) is 25.7. The number of carbonyl (C=O) groups excluding carboxylic acids is 1. The fraction of sp³-hybridized carbons (Fsp3) is 0.200. The van der Waals surface area contributed by atoms with Gasteiger partial charge < -0.3 is 8.98 Å². The van der Waals surface area contributed by atoms with Gasteiger partial charge in [-0.3, -0.25) is 13.9 Å². The minimum absolute atomic E-state index is 0.182. The first kappa shape index (κ1) is 24.9. The molecule has 0 bridgehead atoms. The predicted molar refractivity (Wildman–Crippen MR) is 138 cm³/mol. The number of rotatable bonds is 6. The van der Waals surface area contributed by atoms with Gasteiger partial charge in [0.1, 0.15) is 17.2 Å². The molecule has 35 heavy (non-hydrogen) atoms. The Balaban J connectivity index is 2.15. The van der Waals surface area contributed by atoms with E-state index >= 15 is 0 Å². The van der Waals surface area contributed by atoms with Crippen LogP contribution in [0.5, 0.6) is 0 Å². The lowest BCUT2D eigenvalue weighted by molar-refractivity contribution is 0.0989. The molecule has 182 valence electrons. The molecule has 0 N–H and O–H groups in total. The van der Waals surface area contributed by atoms with Crippen LogP contribution in [-0.2, 0) is 17.1 Å². The Morgan fingerprint density at radius 2 is 1.80 bits per heavy atom. The van der Waals surface area contributed by atoms with Crippen molar-refractivity contribution in [2.45, 2.75) is 13.3 Å². The lowest BCUT2D eigenvalue weighted by atomic mass is 9.97. The molecule has 4 aromatic rings. The van der Waals surface area contributed by atoms with Crippen molar-refractivity contribution in [3.8, 4) is 22.5 Å². The molecule has 0 aliphatic heterocycles. The highest BCUT2D eigenvalue weighted by Gasteiger charge is 2.26. The Morgan fingerprint density at radius 1 is 1.14 bits per heavy atom. The van der Waals surface area contributed by atoms with Gasteiger partial charge in [0, 0.05) is 53.8 Å². The molecule has 10 heteroatoms. The molecule has 0 aliphatic carbocycles. The normalized spacial score (nSPS) is 11.7. The monoisotopic (exact) mass is 560 g/mol. The number of hydrogen-bond donors (Lipinski definition) is 0. The van der Waals surface area contributed by atoms with Gasteiger partial charge in [-0.15, -0.1) is 0 Å². The number of anilines is 1. The standard InChI is InChI=1S/C25H22BrFN2O5S/c1-5-21(30)23-19-11-17(18-10-15(26)13-28(2)25(18)31)20(29(3)35(4,32)33)12-22(19)34-24(23)14-6-8-16(27)9-7-14/h6-13H,5H2,1-4H3. The summed E-state index contributed by atoms with van der Waals surface area (Å²) in [6, 6.07) is 10.3. The molecule has 2 aromatic carbocycles. The van der Waals surface area contributed by atoms with Crippen molar-refractivity contribution >= 4 is 48.4 Å². The van der Waals surface area contributed by atoms with Gasteiger partial charge in [0.25, 0.3) is 5.56 Å². The van der Waals surface area contributed by atoms with Crippen molar-refractivity contribution in [1.29, 1.82) is 0 Å². The number of Topliss-reactive ketones (excluding diaryl/α,β-unsaturated/α-hetero) is 1. The minimum atomic E-state index is -3.71. The number of aryl methyl sites for hydroxylation is 1. The number of nitrogens with zero attached hydrogens (tertiary/aromatic N) is 2. The first-order chi connectivity index (χ1) is 16.4. The third-order valence-electron chi connectivity index (χ3n) is 5.79. The van der Waals surface area contributed by atoms with Crippen LogP contribution in [0.15, 0.2) is 62.3 Å². The Kier molecular flexibility index (Phi) is 6.46. The quantitative estimate of drug-likeness (QED) is 0.296. The number of hydrogen-bond acceptors (Lipinski definition) is 5. The number of sulfonamides is 1. The third kappa shape index (κ3) is 4.55. The van der Waals surface area contributed by atoms with Crippen LogP contribution in [0, 0.1) is 5.82 Å². The second-order valence-electron chi connectivity index (χ2n) is 8.17. The van der Waals surface area contributed by atoms with Crippen LogP contribution in [0.1, 0.15) is 23.7 Å². The second kappa shape index (κ2) is 9.09. The zero-order valence-corrected chi connectivity index (χ0v) is 21.8. The van der Waals surface area contributed by atoms with E-state index in [1.807, 2.05) is 0 Å². The van der Waals surface area contributed by atoms with E-state index < -0.39 is 15.8 Å². The summed E-state index contributed by atoms with van der Waals surface area (Å²) in [6.07, 6.45) is 2.83. The molecular weight excluding hydrogens is 539 g/mol.